The summed E-state index contributed by atoms with van der Waals surface area (Å²) in [5.41, 5.74) is 1.00. The zero-order valence-corrected chi connectivity index (χ0v) is 13.7. The van der Waals surface area contributed by atoms with Gasteiger partial charge in [0.1, 0.15) is 5.82 Å². The molecule has 3 rings (SSSR count). The average Bonchev–Trinajstić information content (AvgIpc) is 2.85. The van der Waals surface area contributed by atoms with Crippen LogP contribution in [0.2, 0.25) is 5.02 Å². The third-order valence-electron chi connectivity index (χ3n) is 4.51. The van der Waals surface area contributed by atoms with Crippen LogP contribution in [0.1, 0.15) is 38.6 Å². The Hall–Kier alpha value is -1.59. The lowest BCUT2D eigenvalue weighted by Crippen LogP contribution is -2.49. The van der Waals surface area contributed by atoms with Crippen LogP contribution in [0, 0.1) is 5.92 Å². The van der Waals surface area contributed by atoms with Gasteiger partial charge in [-0.25, -0.2) is 4.98 Å². The van der Waals surface area contributed by atoms with Gasteiger partial charge in [0.05, 0.1) is 22.7 Å². The van der Waals surface area contributed by atoms with Crippen molar-refractivity contribution in [1.82, 2.24) is 14.9 Å². The molecule has 1 saturated carbocycles. The summed E-state index contributed by atoms with van der Waals surface area (Å²) in [5.74, 6) is 0.693. The van der Waals surface area contributed by atoms with Crippen LogP contribution in [0.3, 0.4) is 0 Å². The predicted octanol–water partition coefficient (Wildman–Crippen LogP) is 2.90. The van der Waals surface area contributed by atoms with Gasteiger partial charge in [-0.15, -0.1) is 0 Å². The highest BCUT2D eigenvalue weighted by molar-refractivity contribution is 6.31. The number of imidazole rings is 1. The summed E-state index contributed by atoms with van der Waals surface area (Å²) in [5, 5.41) is 10.4. The number of carbonyl (C=O) groups is 1. The minimum atomic E-state index is -0.694. The quantitative estimate of drug-likeness (QED) is 0.913. The van der Waals surface area contributed by atoms with E-state index in [1.165, 1.54) is 0 Å². The minimum Gasteiger partial charge on any atom is -0.390 e. The van der Waals surface area contributed by atoms with Crippen LogP contribution in [-0.4, -0.2) is 38.5 Å². The van der Waals surface area contributed by atoms with E-state index in [0.717, 1.165) is 16.9 Å². The van der Waals surface area contributed by atoms with Crippen molar-refractivity contribution in [1.29, 1.82) is 0 Å². The molecular weight excluding hydrogens is 302 g/mol. The second kappa shape index (κ2) is 5.25. The molecule has 1 atom stereocenters. The maximum absolute atomic E-state index is 12.4. The molecule has 1 aromatic carbocycles. The monoisotopic (exact) mass is 321 g/mol. The summed E-state index contributed by atoms with van der Waals surface area (Å²) in [6.07, 6.45) is 1.05. The van der Waals surface area contributed by atoms with Crippen molar-refractivity contribution in [2.75, 3.05) is 7.05 Å². The molecule has 2 aromatic rings. The van der Waals surface area contributed by atoms with Gasteiger partial charge in [-0.05, 0) is 44.9 Å². The smallest absolute Gasteiger partial charge is 0.226 e. The van der Waals surface area contributed by atoms with Crippen LogP contribution in [0.5, 0.6) is 0 Å². The Morgan fingerprint density at radius 1 is 1.55 bits per heavy atom. The standard InChI is InChI=1S/C16H20ClN3O2/c1-9(20(3)15(21)10-7-16(2,22)8-10)14-18-12-5-4-11(17)6-13(12)19-14/h4-6,9-10,22H,7-8H2,1-3H3,(H,18,19). The number of hydrogen-bond donors (Lipinski definition) is 2. The molecular formula is C16H20ClN3O2. The van der Waals surface area contributed by atoms with Crippen molar-refractivity contribution < 1.29 is 9.90 Å². The highest BCUT2D eigenvalue weighted by Crippen LogP contribution is 2.39. The van der Waals surface area contributed by atoms with E-state index in [1.54, 1.807) is 24.9 Å². The van der Waals surface area contributed by atoms with Crippen LogP contribution >= 0.6 is 11.6 Å². The van der Waals surface area contributed by atoms with E-state index in [-0.39, 0.29) is 17.9 Å². The minimum absolute atomic E-state index is 0.0533. The highest BCUT2D eigenvalue weighted by atomic mass is 35.5. The fraction of sp³-hybridized carbons (Fsp3) is 0.500. The van der Waals surface area contributed by atoms with Crippen LogP contribution in [0.25, 0.3) is 11.0 Å². The Morgan fingerprint density at radius 2 is 2.23 bits per heavy atom. The number of H-pyrrole nitrogens is 1. The molecule has 22 heavy (non-hydrogen) atoms. The summed E-state index contributed by atoms with van der Waals surface area (Å²) in [6.45, 7) is 3.71. The van der Waals surface area contributed by atoms with Gasteiger partial charge in [-0.1, -0.05) is 11.6 Å². The SMILES string of the molecule is CC(c1nc2ccc(Cl)cc2[nH]1)N(C)C(=O)C1CC(C)(O)C1. The highest BCUT2D eigenvalue weighted by Gasteiger charge is 2.44. The van der Waals surface area contributed by atoms with Gasteiger partial charge in [-0.3, -0.25) is 4.79 Å². The van der Waals surface area contributed by atoms with E-state index in [2.05, 4.69) is 9.97 Å². The normalized spacial score (nSPS) is 25.8. The molecule has 0 spiro atoms. The number of nitrogens with zero attached hydrogens (tertiary/aromatic N) is 2. The summed E-state index contributed by atoms with van der Waals surface area (Å²) >= 11 is 5.98. The lowest BCUT2D eigenvalue weighted by atomic mass is 9.71. The Balaban J connectivity index is 1.76. The first-order valence-electron chi connectivity index (χ1n) is 7.41. The molecule has 5 nitrogen and oxygen atoms in total. The fourth-order valence-corrected chi connectivity index (χ4v) is 3.21. The number of hydrogen-bond acceptors (Lipinski definition) is 3. The lowest BCUT2D eigenvalue weighted by molar-refractivity contribution is -0.150. The molecule has 2 N–H and O–H groups in total. The summed E-state index contributed by atoms with van der Waals surface area (Å²) < 4.78 is 0. The van der Waals surface area contributed by atoms with Gasteiger partial charge < -0.3 is 15.0 Å². The molecule has 0 radical (unpaired) electrons. The van der Waals surface area contributed by atoms with E-state index in [0.29, 0.717) is 17.9 Å². The van der Waals surface area contributed by atoms with Crippen LogP contribution in [-0.2, 0) is 4.79 Å². The molecule has 0 saturated heterocycles. The number of rotatable bonds is 3. The number of carbonyl (C=O) groups excluding carboxylic acids is 1. The van der Waals surface area contributed by atoms with Gasteiger partial charge >= 0.3 is 0 Å². The third-order valence-corrected chi connectivity index (χ3v) is 4.74. The Kier molecular flexibility index (Phi) is 3.65. The molecule has 1 amide bonds. The molecule has 1 aliphatic carbocycles. The molecule has 6 heteroatoms. The van der Waals surface area contributed by atoms with Gasteiger partial charge in [0.25, 0.3) is 0 Å². The maximum atomic E-state index is 12.4. The first-order chi connectivity index (χ1) is 10.3. The largest absolute Gasteiger partial charge is 0.390 e. The first-order valence-corrected chi connectivity index (χ1v) is 7.79. The van der Waals surface area contributed by atoms with Crippen molar-refractivity contribution in [2.45, 2.75) is 38.3 Å². The average molecular weight is 322 g/mol. The third kappa shape index (κ3) is 2.71. The molecule has 118 valence electrons. The number of benzene rings is 1. The van der Waals surface area contributed by atoms with Gasteiger partial charge in [0.15, 0.2) is 0 Å². The Labute approximate surface area is 134 Å². The van der Waals surface area contributed by atoms with Crippen LogP contribution in [0.15, 0.2) is 18.2 Å². The number of aliphatic hydroxyl groups is 1. The molecule has 0 aliphatic heterocycles. The van der Waals surface area contributed by atoms with Crippen LogP contribution < -0.4 is 0 Å². The van der Waals surface area contributed by atoms with Gasteiger partial charge in [0.2, 0.25) is 5.91 Å². The summed E-state index contributed by atoms with van der Waals surface area (Å²) in [6, 6.07) is 5.31. The van der Waals surface area contributed by atoms with Crippen molar-refractivity contribution in [2.24, 2.45) is 5.92 Å². The number of aromatic amines is 1. The zero-order valence-electron chi connectivity index (χ0n) is 12.9. The predicted molar refractivity (Wildman–Crippen MR) is 85.6 cm³/mol. The topological polar surface area (TPSA) is 69.2 Å². The molecule has 0 bridgehead atoms. The van der Waals surface area contributed by atoms with Gasteiger partial charge in [-0.2, -0.15) is 0 Å². The Bertz CT molecular complexity index is 717. The van der Waals surface area contributed by atoms with Crippen molar-refractivity contribution in [3.63, 3.8) is 0 Å². The number of halogens is 1. The van der Waals surface area contributed by atoms with E-state index >= 15 is 0 Å². The van der Waals surface area contributed by atoms with Crippen LogP contribution in [0.4, 0.5) is 0 Å². The summed E-state index contributed by atoms with van der Waals surface area (Å²) in [4.78, 5) is 21.9. The molecule has 1 unspecified atom stereocenters. The van der Waals surface area contributed by atoms with E-state index < -0.39 is 5.60 Å². The number of amides is 1. The lowest BCUT2D eigenvalue weighted by Gasteiger charge is -2.42. The van der Waals surface area contributed by atoms with E-state index in [9.17, 15) is 9.90 Å². The van der Waals surface area contributed by atoms with Crippen molar-refractivity contribution in [3.05, 3.63) is 29.0 Å². The molecule has 1 heterocycles. The van der Waals surface area contributed by atoms with Crippen molar-refractivity contribution >= 4 is 28.5 Å². The summed E-state index contributed by atoms with van der Waals surface area (Å²) in [7, 11) is 1.78. The zero-order chi connectivity index (χ0) is 16.1. The van der Waals surface area contributed by atoms with Crippen molar-refractivity contribution in [3.8, 4) is 0 Å². The van der Waals surface area contributed by atoms with E-state index in [4.69, 9.17) is 11.6 Å². The second-order valence-electron chi connectivity index (χ2n) is 6.51. The number of nitrogens with one attached hydrogen (secondary N) is 1. The molecule has 1 aliphatic rings. The Morgan fingerprint density at radius 3 is 2.86 bits per heavy atom. The molecule has 1 fully saturated rings. The maximum Gasteiger partial charge on any atom is 0.226 e. The first kappa shape index (κ1) is 15.3. The number of fused-ring (bicyclic) bond motifs is 1. The number of aromatic nitrogens is 2. The van der Waals surface area contributed by atoms with E-state index in [1.807, 2.05) is 19.1 Å². The second-order valence-corrected chi connectivity index (χ2v) is 6.95. The molecule has 1 aromatic heterocycles. The fourth-order valence-electron chi connectivity index (χ4n) is 3.04. The van der Waals surface area contributed by atoms with Gasteiger partial charge in [0, 0.05) is 18.0 Å².